The van der Waals surface area contributed by atoms with Gasteiger partial charge in [-0.1, -0.05) is 0 Å². The molecule has 0 bridgehead atoms. The van der Waals surface area contributed by atoms with E-state index in [1.54, 1.807) is 23.3 Å². The van der Waals surface area contributed by atoms with Crippen molar-refractivity contribution in [3.63, 3.8) is 0 Å². The second-order valence-corrected chi connectivity index (χ2v) is 10.7. The molecular weight excluding hydrogens is 198 g/mol. The summed E-state index contributed by atoms with van der Waals surface area (Å²) in [7, 11) is 0. The SMILES string of the molecule is C1CC[As][As]C1. The van der Waals surface area contributed by atoms with Crippen LogP contribution in [0, 0.1) is 0 Å². The molecule has 0 aromatic carbocycles. The Labute approximate surface area is 50.7 Å². The molecule has 1 heterocycles. The third-order valence-corrected chi connectivity index (χ3v) is 9.99. The summed E-state index contributed by atoms with van der Waals surface area (Å²) in [5, 5.41) is 3.27. The van der Waals surface area contributed by atoms with Gasteiger partial charge in [0.05, 0.1) is 0 Å². The molecule has 6 heavy (non-hydrogen) atoms. The average molecular weight is 206 g/mol. The molecule has 0 nitrogen and oxygen atoms in total. The van der Waals surface area contributed by atoms with Crippen molar-refractivity contribution in [2.45, 2.75) is 23.3 Å². The number of rotatable bonds is 0. The summed E-state index contributed by atoms with van der Waals surface area (Å²) < 4.78 is 0. The van der Waals surface area contributed by atoms with Crippen molar-refractivity contribution in [3.8, 4) is 0 Å². The van der Waals surface area contributed by atoms with Gasteiger partial charge in [-0.05, 0) is 0 Å². The summed E-state index contributed by atoms with van der Waals surface area (Å²) >= 11 is 1.85. The van der Waals surface area contributed by atoms with Gasteiger partial charge in [0.1, 0.15) is 0 Å². The molecule has 0 saturated carbocycles. The Hall–Kier alpha value is 1.12. The molecule has 1 aliphatic rings. The Bertz CT molecular complexity index is 21.0. The van der Waals surface area contributed by atoms with E-state index >= 15 is 0 Å². The fraction of sp³-hybridized carbons (Fsp3) is 1.00. The van der Waals surface area contributed by atoms with E-state index in [-0.39, 0.29) is 0 Å². The Balaban J connectivity index is 2.00. The van der Waals surface area contributed by atoms with Crippen molar-refractivity contribution in [2.75, 3.05) is 0 Å². The van der Waals surface area contributed by atoms with Crippen molar-refractivity contribution >= 4 is 27.4 Å². The standard InChI is InChI=1S/C4H8As2/c1-2-4-6-5-3-1/h1-4H2. The van der Waals surface area contributed by atoms with Crippen LogP contribution < -0.4 is 0 Å². The van der Waals surface area contributed by atoms with Gasteiger partial charge in [0.15, 0.2) is 0 Å². The van der Waals surface area contributed by atoms with Gasteiger partial charge in [0, 0.05) is 0 Å². The molecule has 1 fully saturated rings. The van der Waals surface area contributed by atoms with Crippen LogP contribution in [-0.4, -0.2) is 27.4 Å². The van der Waals surface area contributed by atoms with E-state index in [0.717, 1.165) is 27.4 Å². The molecule has 0 N–H and O–H groups in total. The van der Waals surface area contributed by atoms with Gasteiger partial charge < -0.3 is 0 Å². The molecule has 0 aromatic heterocycles. The molecule has 1 aliphatic heterocycles. The van der Waals surface area contributed by atoms with Gasteiger partial charge in [-0.15, -0.1) is 0 Å². The molecule has 2 radical (unpaired) electrons. The van der Waals surface area contributed by atoms with Crippen molar-refractivity contribution in [1.29, 1.82) is 0 Å². The van der Waals surface area contributed by atoms with Gasteiger partial charge >= 0.3 is 50.6 Å². The van der Waals surface area contributed by atoms with E-state index in [1.807, 2.05) is 0 Å². The van der Waals surface area contributed by atoms with Crippen LogP contribution >= 0.6 is 0 Å². The minimum absolute atomic E-state index is 0.924. The monoisotopic (exact) mass is 206 g/mol. The zero-order chi connectivity index (χ0) is 4.24. The van der Waals surface area contributed by atoms with Crippen LogP contribution in [0.4, 0.5) is 0 Å². The summed E-state index contributed by atoms with van der Waals surface area (Å²) in [5.41, 5.74) is 0. The normalized spacial score (nSPS) is 32.0. The molecule has 0 atom stereocenters. The number of hydrogen-bond donors (Lipinski definition) is 0. The minimum atomic E-state index is 0.924. The van der Waals surface area contributed by atoms with Crippen LogP contribution in [0.1, 0.15) is 12.8 Å². The number of hydrogen-bond acceptors (Lipinski definition) is 0. The van der Waals surface area contributed by atoms with Crippen molar-refractivity contribution < 1.29 is 0 Å². The van der Waals surface area contributed by atoms with Gasteiger partial charge in [0.2, 0.25) is 0 Å². The van der Waals surface area contributed by atoms with Crippen LogP contribution in [0.15, 0.2) is 0 Å². The van der Waals surface area contributed by atoms with E-state index in [0.29, 0.717) is 0 Å². The first-order chi connectivity index (χ1) is 3.00. The summed E-state index contributed by atoms with van der Waals surface area (Å²) in [6.45, 7) is 0. The predicted octanol–water partition coefficient (Wildman–Crippen LogP) is 0.940. The quantitative estimate of drug-likeness (QED) is 0.517. The fourth-order valence-electron chi connectivity index (χ4n) is 0.506. The summed E-state index contributed by atoms with van der Waals surface area (Å²) in [6, 6.07) is 0. The van der Waals surface area contributed by atoms with Crippen molar-refractivity contribution in [1.82, 2.24) is 0 Å². The molecule has 0 unspecified atom stereocenters. The first kappa shape index (κ1) is 5.26. The van der Waals surface area contributed by atoms with Crippen LogP contribution in [0.5, 0.6) is 0 Å². The molecule has 0 amide bonds. The molecule has 0 aliphatic carbocycles. The molecule has 0 spiro atoms. The zero-order valence-corrected chi connectivity index (χ0v) is 7.48. The van der Waals surface area contributed by atoms with Gasteiger partial charge in [-0.25, -0.2) is 0 Å². The van der Waals surface area contributed by atoms with E-state index in [1.165, 1.54) is 0 Å². The Morgan fingerprint density at radius 2 is 1.33 bits per heavy atom. The van der Waals surface area contributed by atoms with Crippen molar-refractivity contribution in [3.05, 3.63) is 0 Å². The van der Waals surface area contributed by atoms with E-state index in [4.69, 9.17) is 0 Å². The Morgan fingerprint density at radius 3 is 1.50 bits per heavy atom. The van der Waals surface area contributed by atoms with Crippen LogP contribution in [0.2, 0.25) is 10.4 Å². The van der Waals surface area contributed by atoms with E-state index in [2.05, 4.69) is 0 Å². The van der Waals surface area contributed by atoms with Gasteiger partial charge in [-0.3, -0.25) is 0 Å². The van der Waals surface area contributed by atoms with Gasteiger partial charge in [-0.2, -0.15) is 0 Å². The summed E-state index contributed by atoms with van der Waals surface area (Å²) in [6.07, 6.45) is 3.13. The van der Waals surface area contributed by atoms with Crippen LogP contribution in [-0.2, 0) is 0 Å². The molecule has 1 rings (SSSR count). The molecule has 0 aromatic rings. The Morgan fingerprint density at radius 1 is 0.833 bits per heavy atom. The average Bonchev–Trinajstić information content (AvgIpc) is 1.72. The summed E-state index contributed by atoms with van der Waals surface area (Å²) in [4.78, 5) is 0. The van der Waals surface area contributed by atoms with Crippen molar-refractivity contribution in [2.24, 2.45) is 0 Å². The third-order valence-electron chi connectivity index (χ3n) is 0.866. The first-order valence-corrected chi connectivity index (χ1v) is 10.2. The zero-order valence-electron chi connectivity index (χ0n) is 3.72. The fourth-order valence-corrected chi connectivity index (χ4v) is 8.80. The van der Waals surface area contributed by atoms with Crippen LogP contribution in [0.3, 0.4) is 0 Å². The topological polar surface area (TPSA) is 0 Å². The van der Waals surface area contributed by atoms with E-state index in [9.17, 15) is 0 Å². The first-order valence-electron chi connectivity index (χ1n) is 2.33. The van der Waals surface area contributed by atoms with Crippen LogP contribution in [0.25, 0.3) is 0 Å². The Kier molecular flexibility index (Phi) is 2.77. The molecule has 1 saturated heterocycles. The predicted molar refractivity (Wildman–Crippen MR) is 30.4 cm³/mol. The maximum atomic E-state index is 1.64. The summed E-state index contributed by atoms with van der Waals surface area (Å²) in [5.74, 6) is 0. The molecular formula is C4H8As2. The third kappa shape index (κ3) is 1.71. The van der Waals surface area contributed by atoms with E-state index < -0.39 is 0 Å². The van der Waals surface area contributed by atoms with Gasteiger partial charge in [0.25, 0.3) is 0 Å². The molecule has 2 heteroatoms. The maximum absolute atomic E-state index is 1.64. The second-order valence-electron chi connectivity index (χ2n) is 1.44. The second kappa shape index (κ2) is 3.16. The molecule has 34 valence electrons.